The lowest BCUT2D eigenvalue weighted by Crippen LogP contribution is -2.50. The number of hydrogen-bond donors (Lipinski definition) is 3. The summed E-state index contributed by atoms with van der Waals surface area (Å²) in [5.74, 6) is -2.44. The highest BCUT2D eigenvalue weighted by atomic mass is 19.3. The molecule has 2 aliphatic rings. The Morgan fingerprint density at radius 3 is 2.35 bits per heavy atom. The lowest BCUT2D eigenvalue weighted by Gasteiger charge is -2.40. The van der Waals surface area contributed by atoms with Gasteiger partial charge in [0.25, 0.3) is 5.92 Å². The van der Waals surface area contributed by atoms with Crippen LogP contribution in [-0.4, -0.2) is 60.3 Å². The van der Waals surface area contributed by atoms with E-state index in [2.05, 4.69) is 22.5 Å². The van der Waals surface area contributed by atoms with E-state index in [4.69, 9.17) is 5.11 Å². The van der Waals surface area contributed by atoms with Gasteiger partial charge in [-0.1, -0.05) is 6.92 Å². The van der Waals surface area contributed by atoms with Crippen molar-refractivity contribution in [2.45, 2.75) is 63.5 Å². The molecule has 0 aromatic heterocycles. The molecule has 0 atom stereocenters. The number of hydrogen-bond acceptors (Lipinski definition) is 3. The van der Waals surface area contributed by atoms with Crippen LogP contribution < -0.4 is 10.6 Å². The molecule has 3 N–H and O–H groups in total. The fourth-order valence-corrected chi connectivity index (χ4v) is 3.48. The van der Waals surface area contributed by atoms with Crippen molar-refractivity contribution in [1.82, 2.24) is 15.5 Å². The van der Waals surface area contributed by atoms with Crippen LogP contribution in [0.4, 0.5) is 13.6 Å². The third kappa shape index (κ3) is 5.88. The van der Waals surface area contributed by atoms with Crippen LogP contribution in [-0.2, 0) is 0 Å². The Morgan fingerprint density at radius 2 is 1.78 bits per heavy atom. The van der Waals surface area contributed by atoms with Gasteiger partial charge in [-0.15, -0.1) is 0 Å². The molecule has 0 aromatic carbocycles. The number of nitrogens with zero attached hydrogens (tertiary/aromatic N) is 1. The van der Waals surface area contributed by atoms with E-state index in [1.807, 2.05) is 0 Å². The van der Waals surface area contributed by atoms with E-state index in [1.165, 1.54) is 25.9 Å². The maximum absolute atomic E-state index is 12.9. The van der Waals surface area contributed by atoms with Crippen molar-refractivity contribution in [3.8, 4) is 0 Å². The largest absolute Gasteiger partial charge is 0.390 e. The number of urea groups is 1. The van der Waals surface area contributed by atoms with E-state index in [0.717, 1.165) is 31.6 Å². The maximum Gasteiger partial charge on any atom is 0.315 e. The monoisotopic (exact) mass is 333 g/mol. The number of amides is 2. The smallest absolute Gasteiger partial charge is 0.315 e. The summed E-state index contributed by atoms with van der Waals surface area (Å²) in [5, 5.41) is 13.4. The van der Waals surface area contributed by atoms with Crippen molar-refractivity contribution in [2.24, 2.45) is 5.92 Å². The van der Waals surface area contributed by atoms with Gasteiger partial charge in [-0.3, -0.25) is 0 Å². The Hall–Kier alpha value is -0.950. The second kappa shape index (κ2) is 8.24. The second-order valence-corrected chi connectivity index (χ2v) is 7.07. The van der Waals surface area contributed by atoms with Crippen molar-refractivity contribution < 1.29 is 18.7 Å². The van der Waals surface area contributed by atoms with Crippen molar-refractivity contribution in [1.29, 1.82) is 0 Å². The Labute approximate surface area is 136 Å². The molecule has 1 aliphatic heterocycles. The summed E-state index contributed by atoms with van der Waals surface area (Å²) in [6.45, 7) is 2.54. The van der Waals surface area contributed by atoms with Crippen LogP contribution in [0.2, 0.25) is 0 Å². The van der Waals surface area contributed by atoms with Gasteiger partial charge in [0, 0.05) is 12.1 Å². The highest BCUT2D eigenvalue weighted by Crippen LogP contribution is 2.27. The number of carbonyl (C=O) groups excluding carboxylic acids is 1. The predicted octanol–water partition coefficient (Wildman–Crippen LogP) is 1.96. The van der Waals surface area contributed by atoms with E-state index < -0.39 is 25.1 Å². The van der Waals surface area contributed by atoms with Gasteiger partial charge < -0.3 is 20.6 Å². The van der Waals surface area contributed by atoms with Crippen LogP contribution in [0.5, 0.6) is 0 Å². The van der Waals surface area contributed by atoms with Crippen LogP contribution in [0.25, 0.3) is 0 Å². The number of piperidine rings is 1. The molecule has 7 heteroatoms. The third-order valence-corrected chi connectivity index (χ3v) is 5.11. The molecule has 0 spiro atoms. The zero-order chi connectivity index (χ0) is 16.9. The molecule has 1 aliphatic carbocycles. The van der Waals surface area contributed by atoms with Gasteiger partial charge in [-0.25, -0.2) is 13.6 Å². The molecule has 0 unspecified atom stereocenters. The quantitative estimate of drug-likeness (QED) is 0.721. The minimum atomic E-state index is -3.26. The maximum atomic E-state index is 12.9. The molecule has 2 rings (SSSR count). The lowest BCUT2D eigenvalue weighted by molar-refractivity contribution is -0.0454. The molecule has 0 radical (unpaired) electrons. The highest BCUT2D eigenvalue weighted by Gasteiger charge is 2.30. The van der Waals surface area contributed by atoms with Gasteiger partial charge in [-0.05, 0) is 57.5 Å². The molecule has 2 fully saturated rings. The molecule has 5 nitrogen and oxygen atoms in total. The minimum Gasteiger partial charge on any atom is -0.390 e. The molecule has 1 saturated carbocycles. The number of aliphatic hydroxyl groups excluding tert-OH is 1. The first-order valence-electron chi connectivity index (χ1n) is 8.67. The summed E-state index contributed by atoms with van der Waals surface area (Å²) in [5.41, 5.74) is 0. The van der Waals surface area contributed by atoms with Gasteiger partial charge in [0.1, 0.15) is 6.61 Å². The summed E-state index contributed by atoms with van der Waals surface area (Å²) in [7, 11) is 0. The summed E-state index contributed by atoms with van der Waals surface area (Å²) in [6.07, 6.45) is 6.40. The molecule has 134 valence electrons. The topological polar surface area (TPSA) is 64.6 Å². The zero-order valence-corrected chi connectivity index (χ0v) is 13.9. The fourth-order valence-electron chi connectivity index (χ4n) is 3.48. The normalized spacial score (nSPS) is 27.7. The summed E-state index contributed by atoms with van der Waals surface area (Å²) >= 11 is 0. The Morgan fingerprint density at radius 1 is 1.17 bits per heavy atom. The van der Waals surface area contributed by atoms with Gasteiger partial charge in [0.05, 0.1) is 6.54 Å². The SMILES string of the molecule is CC1CCN(C2CCC(NC(=O)NCC(F)(F)CO)CC2)CC1. The van der Waals surface area contributed by atoms with E-state index in [1.54, 1.807) is 0 Å². The number of alkyl halides is 2. The van der Waals surface area contributed by atoms with Gasteiger partial charge in [0.2, 0.25) is 0 Å². The van der Waals surface area contributed by atoms with Crippen LogP contribution in [0.15, 0.2) is 0 Å². The predicted molar refractivity (Wildman–Crippen MR) is 84.6 cm³/mol. The van der Waals surface area contributed by atoms with Gasteiger partial charge in [0.15, 0.2) is 0 Å². The summed E-state index contributed by atoms with van der Waals surface area (Å²) in [4.78, 5) is 14.2. The second-order valence-electron chi connectivity index (χ2n) is 7.07. The van der Waals surface area contributed by atoms with E-state index in [-0.39, 0.29) is 6.04 Å². The molecule has 1 saturated heterocycles. The van der Waals surface area contributed by atoms with E-state index in [9.17, 15) is 13.6 Å². The van der Waals surface area contributed by atoms with Gasteiger partial charge >= 0.3 is 6.03 Å². The molecule has 2 amide bonds. The first-order chi connectivity index (χ1) is 10.9. The number of rotatable bonds is 5. The average Bonchev–Trinajstić information content (AvgIpc) is 2.55. The number of aliphatic hydroxyl groups is 1. The number of nitrogens with one attached hydrogen (secondary N) is 2. The van der Waals surface area contributed by atoms with Gasteiger partial charge in [-0.2, -0.15) is 0 Å². The first kappa shape index (κ1) is 18.4. The summed E-state index contributed by atoms with van der Waals surface area (Å²) in [6, 6.07) is 0.0772. The Balaban J connectivity index is 1.65. The van der Waals surface area contributed by atoms with Crippen LogP contribution in [0, 0.1) is 5.92 Å². The molecular weight excluding hydrogens is 304 g/mol. The zero-order valence-electron chi connectivity index (χ0n) is 13.9. The van der Waals surface area contributed by atoms with Crippen molar-refractivity contribution in [2.75, 3.05) is 26.2 Å². The molecule has 23 heavy (non-hydrogen) atoms. The van der Waals surface area contributed by atoms with E-state index >= 15 is 0 Å². The molecule has 0 bridgehead atoms. The van der Waals surface area contributed by atoms with Crippen LogP contribution in [0.1, 0.15) is 45.4 Å². The molecule has 1 heterocycles. The Bertz CT molecular complexity index is 380. The first-order valence-corrected chi connectivity index (χ1v) is 8.67. The summed E-state index contributed by atoms with van der Waals surface area (Å²) < 4.78 is 25.8. The lowest BCUT2D eigenvalue weighted by atomic mass is 9.88. The van der Waals surface area contributed by atoms with Crippen LogP contribution in [0.3, 0.4) is 0 Å². The number of likely N-dealkylation sites (tertiary alicyclic amines) is 1. The van der Waals surface area contributed by atoms with Crippen molar-refractivity contribution >= 4 is 6.03 Å². The standard InChI is InChI=1S/C16H29F2N3O2/c1-12-6-8-21(9-7-12)14-4-2-13(3-5-14)20-15(23)19-10-16(17,18)11-22/h12-14,22H,2-11H2,1H3,(H2,19,20,23). The van der Waals surface area contributed by atoms with Crippen LogP contribution >= 0.6 is 0 Å². The molecule has 0 aromatic rings. The Kier molecular flexibility index (Phi) is 6.59. The highest BCUT2D eigenvalue weighted by molar-refractivity contribution is 5.74. The number of halogens is 2. The van der Waals surface area contributed by atoms with Crippen molar-refractivity contribution in [3.63, 3.8) is 0 Å². The van der Waals surface area contributed by atoms with E-state index in [0.29, 0.717) is 6.04 Å². The number of carbonyl (C=O) groups is 1. The minimum absolute atomic E-state index is 0.0534. The fraction of sp³-hybridized carbons (Fsp3) is 0.938. The average molecular weight is 333 g/mol. The third-order valence-electron chi connectivity index (χ3n) is 5.11. The molecular formula is C16H29F2N3O2. The van der Waals surface area contributed by atoms with Crippen molar-refractivity contribution in [3.05, 3.63) is 0 Å².